The normalized spacial score (nSPS) is 13.0. The van der Waals surface area contributed by atoms with Gasteiger partial charge in [0.15, 0.2) is 0 Å². The molecule has 0 saturated heterocycles. The third kappa shape index (κ3) is 2.89. The number of hydrogen-bond acceptors (Lipinski definition) is 2. The molecule has 3 N–H and O–H groups in total. The van der Waals surface area contributed by atoms with E-state index in [9.17, 15) is 0 Å². The summed E-state index contributed by atoms with van der Waals surface area (Å²) >= 11 is 5.65. The van der Waals surface area contributed by atoms with E-state index >= 15 is 0 Å². The molecule has 2 nitrogen and oxygen atoms in total. The lowest BCUT2D eigenvalue weighted by molar-refractivity contribution is 0.183. The van der Waals surface area contributed by atoms with E-state index in [-0.39, 0.29) is 0 Å². The van der Waals surface area contributed by atoms with E-state index in [1.807, 2.05) is 12.1 Å². The minimum Gasteiger partial charge on any atom is -0.378 e. The van der Waals surface area contributed by atoms with Crippen LogP contribution >= 0.6 is 11.6 Å². The highest BCUT2D eigenvalue weighted by molar-refractivity contribution is 6.30. The van der Waals surface area contributed by atoms with Crippen molar-refractivity contribution in [2.45, 2.75) is 12.6 Å². The zero-order valence-corrected chi connectivity index (χ0v) is 6.75. The largest absolute Gasteiger partial charge is 0.378 e. The predicted octanol–water partition coefficient (Wildman–Crippen LogP) is 1.16. The van der Waals surface area contributed by atoms with Crippen molar-refractivity contribution in [3.63, 3.8) is 0 Å². The van der Waals surface area contributed by atoms with E-state index in [1.165, 1.54) is 0 Å². The minimum absolute atomic E-state index is 0.469. The van der Waals surface area contributed by atoms with E-state index in [0.29, 0.717) is 11.4 Å². The Morgan fingerprint density at radius 3 is 2.36 bits per heavy atom. The van der Waals surface area contributed by atoms with E-state index in [2.05, 4.69) is 0 Å². The molecule has 1 aromatic rings. The molecular formula is C8H10ClNO. The van der Waals surface area contributed by atoms with Gasteiger partial charge >= 0.3 is 0 Å². The fourth-order valence-electron chi connectivity index (χ4n) is 0.862. The lowest BCUT2D eigenvalue weighted by atomic mass is 10.1. The highest BCUT2D eigenvalue weighted by atomic mass is 35.5. The van der Waals surface area contributed by atoms with Gasteiger partial charge in [-0.15, -0.1) is 0 Å². The highest BCUT2D eigenvalue weighted by Crippen LogP contribution is 2.09. The molecule has 0 amide bonds. The Hall–Kier alpha value is -0.570. The molecule has 0 saturated carbocycles. The molecule has 3 heteroatoms. The van der Waals surface area contributed by atoms with Crippen LogP contribution < -0.4 is 5.73 Å². The highest BCUT2D eigenvalue weighted by Gasteiger charge is 1.97. The van der Waals surface area contributed by atoms with Crippen LogP contribution in [0.2, 0.25) is 5.02 Å². The number of nitrogens with two attached hydrogens (primary N) is 1. The summed E-state index contributed by atoms with van der Waals surface area (Å²) in [6.45, 7) is 0. The van der Waals surface area contributed by atoms with Gasteiger partial charge in [0, 0.05) is 11.4 Å². The van der Waals surface area contributed by atoms with Crippen LogP contribution in [-0.2, 0) is 6.42 Å². The molecule has 60 valence electrons. The summed E-state index contributed by atoms with van der Waals surface area (Å²) in [4.78, 5) is 0. The number of aliphatic hydroxyl groups is 1. The van der Waals surface area contributed by atoms with Gasteiger partial charge in [-0.3, -0.25) is 0 Å². The first kappa shape index (κ1) is 8.53. The van der Waals surface area contributed by atoms with Crippen LogP contribution in [0, 0.1) is 0 Å². The number of rotatable bonds is 2. The molecule has 0 aromatic heterocycles. The fraction of sp³-hybridized carbons (Fsp3) is 0.250. The summed E-state index contributed by atoms with van der Waals surface area (Å²) < 4.78 is 0. The first-order valence-corrected chi connectivity index (χ1v) is 3.74. The SMILES string of the molecule is NC(O)Cc1ccc(Cl)cc1. The van der Waals surface area contributed by atoms with Crippen LogP contribution in [0.25, 0.3) is 0 Å². The van der Waals surface area contributed by atoms with Crippen LogP contribution in [0.5, 0.6) is 0 Å². The zero-order valence-electron chi connectivity index (χ0n) is 6.00. The maximum absolute atomic E-state index is 8.82. The predicted molar refractivity (Wildman–Crippen MR) is 45.4 cm³/mol. The van der Waals surface area contributed by atoms with Crippen LogP contribution in [0.1, 0.15) is 5.56 Å². The van der Waals surface area contributed by atoms with Crippen molar-refractivity contribution >= 4 is 11.6 Å². The number of halogens is 1. The van der Waals surface area contributed by atoms with Crippen molar-refractivity contribution in [1.29, 1.82) is 0 Å². The Bertz CT molecular complexity index is 220. The molecule has 0 heterocycles. The van der Waals surface area contributed by atoms with Crippen molar-refractivity contribution in [3.8, 4) is 0 Å². The number of benzene rings is 1. The van der Waals surface area contributed by atoms with Crippen LogP contribution in [0.4, 0.5) is 0 Å². The lowest BCUT2D eigenvalue weighted by Crippen LogP contribution is -2.21. The Morgan fingerprint density at radius 1 is 1.36 bits per heavy atom. The molecule has 0 bridgehead atoms. The Balaban J connectivity index is 2.66. The molecule has 1 rings (SSSR count). The second-order valence-electron chi connectivity index (χ2n) is 2.40. The molecule has 1 unspecified atom stereocenters. The monoisotopic (exact) mass is 171 g/mol. The molecular weight excluding hydrogens is 162 g/mol. The molecule has 1 aromatic carbocycles. The molecule has 0 aliphatic heterocycles. The first-order valence-electron chi connectivity index (χ1n) is 3.36. The molecule has 0 aliphatic carbocycles. The van der Waals surface area contributed by atoms with E-state index < -0.39 is 6.23 Å². The van der Waals surface area contributed by atoms with E-state index in [0.717, 1.165) is 5.56 Å². The van der Waals surface area contributed by atoms with Crippen molar-refractivity contribution in [3.05, 3.63) is 34.9 Å². The molecule has 1 atom stereocenters. The van der Waals surface area contributed by atoms with Crippen LogP contribution in [0.3, 0.4) is 0 Å². The second kappa shape index (κ2) is 3.72. The Kier molecular flexibility index (Phi) is 2.88. The average molecular weight is 172 g/mol. The van der Waals surface area contributed by atoms with Crippen LogP contribution in [0.15, 0.2) is 24.3 Å². The summed E-state index contributed by atoms with van der Waals surface area (Å²) in [6.07, 6.45) is -0.312. The Morgan fingerprint density at radius 2 is 1.91 bits per heavy atom. The van der Waals surface area contributed by atoms with Crippen molar-refractivity contribution in [1.82, 2.24) is 0 Å². The van der Waals surface area contributed by atoms with Crippen LogP contribution in [-0.4, -0.2) is 11.3 Å². The summed E-state index contributed by atoms with van der Waals surface area (Å²) in [5, 5.41) is 9.51. The molecule has 0 fully saturated rings. The van der Waals surface area contributed by atoms with Gasteiger partial charge in [-0.2, -0.15) is 0 Å². The van der Waals surface area contributed by atoms with Gasteiger partial charge in [-0.25, -0.2) is 0 Å². The zero-order chi connectivity index (χ0) is 8.27. The molecule has 0 radical (unpaired) electrons. The standard InChI is InChI=1S/C8H10ClNO/c9-7-3-1-6(2-4-7)5-8(10)11/h1-4,8,11H,5,10H2. The second-order valence-corrected chi connectivity index (χ2v) is 2.83. The lowest BCUT2D eigenvalue weighted by Gasteiger charge is -2.03. The van der Waals surface area contributed by atoms with Gasteiger partial charge in [0.25, 0.3) is 0 Å². The molecule has 11 heavy (non-hydrogen) atoms. The first-order chi connectivity index (χ1) is 5.18. The fourth-order valence-corrected chi connectivity index (χ4v) is 0.988. The number of aliphatic hydroxyl groups excluding tert-OH is 1. The molecule has 0 aliphatic rings. The van der Waals surface area contributed by atoms with Gasteiger partial charge in [-0.1, -0.05) is 23.7 Å². The van der Waals surface area contributed by atoms with Crippen molar-refractivity contribution in [2.75, 3.05) is 0 Å². The van der Waals surface area contributed by atoms with Crippen molar-refractivity contribution < 1.29 is 5.11 Å². The maximum atomic E-state index is 8.82. The number of hydrogen-bond donors (Lipinski definition) is 2. The summed E-state index contributed by atoms with van der Waals surface area (Å²) in [5.74, 6) is 0. The van der Waals surface area contributed by atoms with Crippen molar-refractivity contribution in [2.24, 2.45) is 5.73 Å². The van der Waals surface area contributed by atoms with Gasteiger partial charge in [0.1, 0.15) is 6.23 Å². The van der Waals surface area contributed by atoms with Gasteiger partial charge in [-0.05, 0) is 17.7 Å². The Labute approximate surface area is 70.6 Å². The van der Waals surface area contributed by atoms with Gasteiger partial charge in [0.2, 0.25) is 0 Å². The van der Waals surface area contributed by atoms with E-state index in [4.69, 9.17) is 22.4 Å². The van der Waals surface area contributed by atoms with Gasteiger partial charge < -0.3 is 10.8 Å². The smallest absolute Gasteiger partial charge is 0.106 e. The third-order valence-corrected chi connectivity index (χ3v) is 1.61. The van der Waals surface area contributed by atoms with E-state index in [1.54, 1.807) is 12.1 Å². The minimum atomic E-state index is -0.781. The summed E-state index contributed by atoms with van der Waals surface area (Å²) in [7, 11) is 0. The summed E-state index contributed by atoms with van der Waals surface area (Å²) in [6, 6.07) is 7.25. The topological polar surface area (TPSA) is 46.2 Å². The molecule has 0 spiro atoms. The quantitative estimate of drug-likeness (QED) is 0.656. The third-order valence-electron chi connectivity index (χ3n) is 1.36. The maximum Gasteiger partial charge on any atom is 0.106 e. The average Bonchev–Trinajstić information content (AvgIpc) is 1.93. The summed E-state index contributed by atoms with van der Waals surface area (Å²) in [5.41, 5.74) is 6.18. The van der Waals surface area contributed by atoms with Gasteiger partial charge in [0.05, 0.1) is 0 Å².